The van der Waals surface area contributed by atoms with Crippen molar-refractivity contribution in [2.24, 2.45) is 0 Å². The predicted octanol–water partition coefficient (Wildman–Crippen LogP) is 3.31. The molecule has 2 aliphatic heterocycles. The zero-order valence-corrected chi connectivity index (χ0v) is 14.8. The third-order valence-corrected chi connectivity index (χ3v) is 5.36. The number of benzene rings is 2. The molecule has 28 heavy (non-hydrogen) atoms. The van der Waals surface area contributed by atoms with Gasteiger partial charge in [0.15, 0.2) is 0 Å². The Kier molecular flexibility index (Phi) is 3.52. The van der Waals surface area contributed by atoms with Crippen molar-refractivity contribution in [3.63, 3.8) is 0 Å². The zero-order chi connectivity index (χ0) is 19.6. The second-order valence-corrected chi connectivity index (χ2v) is 6.96. The second-order valence-electron chi connectivity index (χ2n) is 6.96. The minimum atomic E-state index is -0.840. The van der Waals surface area contributed by atoms with Gasteiger partial charge in [-0.25, -0.2) is 4.79 Å². The summed E-state index contributed by atoms with van der Waals surface area (Å²) in [6.07, 6.45) is -1.44. The summed E-state index contributed by atoms with van der Waals surface area (Å²) in [5.41, 5.74) is 4.52. The standard InChI is InChI=1S/C21H15NO6/c1-10(23)15-16-17(20-14-5-3-2-4-13(14)19(16)28-20)18(15)21(24)27-12-8-6-11(7-9-12)22(25)26/h2-10,19-20,23H,1H3. The molecule has 7 heteroatoms. The molecule has 3 aliphatic rings. The van der Waals surface area contributed by atoms with E-state index in [1.54, 1.807) is 6.92 Å². The van der Waals surface area contributed by atoms with Crippen molar-refractivity contribution in [3.8, 4) is 5.75 Å². The molecule has 2 bridgehead atoms. The van der Waals surface area contributed by atoms with Crippen LogP contribution >= 0.6 is 0 Å². The zero-order valence-electron chi connectivity index (χ0n) is 14.8. The molecule has 0 saturated heterocycles. The number of carbonyl (C=O) groups excluding carboxylic acids is 1. The van der Waals surface area contributed by atoms with E-state index in [2.05, 4.69) is 0 Å². The van der Waals surface area contributed by atoms with Crippen LogP contribution in [0.15, 0.2) is 70.8 Å². The number of aliphatic hydroxyl groups excluding tert-OH is 1. The molecular formula is C21H15NO6. The molecule has 0 aromatic heterocycles. The first-order valence-electron chi connectivity index (χ1n) is 8.85. The molecule has 0 saturated carbocycles. The van der Waals surface area contributed by atoms with Crippen LogP contribution < -0.4 is 4.74 Å². The van der Waals surface area contributed by atoms with Crippen LogP contribution in [0.5, 0.6) is 5.75 Å². The van der Waals surface area contributed by atoms with Crippen LogP contribution in [0, 0.1) is 10.1 Å². The molecule has 140 valence electrons. The van der Waals surface area contributed by atoms with E-state index >= 15 is 0 Å². The maximum absolute atomic E-state index is 12.8. The maximum Gasteiger partial charge on any atom is 0.344 e. The summed E-state index contributed by atoms with van der Waals surface area (Å²) in [5.74, 6) is -0.399. The Bertz CT molecular complexity index is 1100. The summed E-state index contributed by atoms with van der Waals surface area (Å²) < 4.78 is 11.5. The summed E-state index contributed by atoms with van der Waals surface area (Å²) in [7, 11) is 0. The Hall–Kier alpha value is -3.29. The Balaban J connectivity index is 1.45. The lowest BCUT2D eigenvalue weighted by molar-refractivity contribution is -0.384. The lowest BCUT2D eigenvalue weighted by atomic mass is 9.69. The number of fused-ring (bicyclic) bond motifs is 7. The van der Waals surface area contributed by atoms with E-state index in [1.807, 2.05) is 24.3 Å². The highest BCUT2D eigenvalue weighted by molar-refractivity contribution is 6.02. The van der Waals surface area contributed by atoms with Crippen LogP contribution in [0.2, 0.25) is 0 Å². The lowest BCUT2D eigenvalue weighted by Crippen LogP contribution is -2.30. The molecule has 1 N–H and O–H groups in total. The molecular weight excluding hydrogens is 362 g/mol. The number of rotatable bonds is 4. The molecule has 2 aromatic carbocycles. The quantitative estimate of drug-likeness (QED) is 0.380. The van der Waals surface area contributed by atoms with E-state index in [1.165, 1.54) is 24.3 Å². The number of nitro groups is 1. The molecule has 3 unspecified atom stereocenters. The van der Waals surface area contributed by atoms with Gasteiger partial charge in [0, 0.05) is 23.3 Å². The first-order valence-corrected chi connectivity index (χ1v) is 8.85. The first-order chi connectivity index (χ1) is 13.5. The molecule has 2 aromatic rings. The number of esters is 1. The highest BCUT2D eigenvalue weighted by atomic mass is 16.6. The molecule has 2 heterocycles. The van der Waals surface area contributed by atoms with Crippen LogP contribution in [0.4, 0.5) is 5.69 Å². The molecule has 3 atom stereocenters. The third-order valence-electron chi connectivity index (χ3n) is 5.36. The SMILES string of the molecule is CC(O)C1=C(C(=O)Oc2ccc([N+](=O)[O-])cc2)C2=C1C1OC2c2ccccc21. The van der Waals surface area contributed by atoms with Crippen molar-refractivity contribution in [1.82, 2.24) is 0 Å². The Morgan fingerprint density at radius 2 is 1.71 bits per heavy atom. The molecule has 0 radical (unpaired) electrons. The fourth-order valence-corrected chi connectivity index (χ4v) is 4.22. The first kappa shape index (κ1) is 16.9. The van der Waals surface area contributed by atoms with Crippen molar-refractivity contribution in [1.29, 1.82) is 0 Å². The van der Waals surface area contributed by atoms with Gasteiger partial charge < -0.3 is 14.6 Å². The molecule has 7 nitrogen and oxygen atoms in total. The van der Waals surface area contributed by atoms with E-state index in [9.17, 15) is 20.0 Å². The molecule has 0 fully saturated rings. The van der Waals surface area contributed by atoms with E-state index < -0.39 is 17.0 Å². The van der Waals surface area contributed by atoms with Gasteiger partial charge in [-0.1, -0.05) is 24.3 Å². The normalized spacial score (nSPS) is 22.5. The smallest absolute Gasteiger partial charge is 0.344 e. The fourth-order valence-electron chi connectivity index (χ4n) is 4.22. The molecule has 0 amide bonds. The van der Waals surface area contributed by atoms with Gasteiger partial charge in [0.25, 0.3) is 5.69 Å². The molecule has 1 aliphatic carbocycles. The number of hydrogen-bond acceptors (Lipinski definition) is 6. The largest absolute Gasteiger partial charge is 0.423 e. The van der Waals surface area contributed by atoms with Gasteiger partial charge in [-0.2, -0.15) is 0 Å². The Morgan fingerprint density at radius 1 is 1.11 bits per heavy atom. The number of nitro benzene ring substituents is 1. The highest BCUT2D eigenvalue weighted by Crippen LogP contribution is 2.63. The summed E-state index contributed by atoms with van der Waals surface area (Å²) in [5, 5.41) is 21.0. The lowest BCUT2D eigenvalue weighted by Gasteiger charge is -2.33. The van der Waals surface area contributed by atoms with E-state index in [0.29, 0.717) is 11.1 Å². The average molecular weight is 377 g/mol. The second kappa shape index (κ2) is 5.85. The molecule has 0 spiro atoms. The van der Waals surface area contributed by atoms with Crippen molar-refractivity contribution in [3.05, 3.63) is 92.1 Å². The van der Waals surface area contributed by atoms with Gasteiger partial charge in [-0.05, 0) is 35.8 Å². The van der Waals surface area contributed by atoms with Gasteiger partial charge in [0.1, 0.15) is 18.0 Å². The minimum absolute atomic E-state index is 0.0876. The Morgan fingerprint density at radius 3 is 2.29 bits per heavy atom. The summed E-state index contributed by atoms with van der Waals surface area (Å²) in [4.78, 5) is 23.1. The van der Waals surface area contributed by atoms with E-state index in [-0.39, 0.29) is 23.6 Å². The van der Waals surface area contributed by atoms with Gasteiger partial charge in [-0.15, -0.1) is 0 Å². The summed E-state index contributed by atoms with van der Waals surface area (Å²) in [6, 6.07) is 13.1. The van der Waals surface area contributed by atoms with Gasteiger partial charge in [-0.3, -0.25) is 10.1 Å². The monoisotopic (exact) mass is 377 g/mol. The molecule has 5 rings (SSSR count). The summed E-state index contributed by atoms with van der Waals surface area (Å²) >= 11 is 0. The van der Waals surface area contributed by atoms with Crippen molar-refractivity contribution < 1.29 is 24.3 Å². The van der Waals surface area contributed by atoms with Crippen molar-refractivity contribution >= 4 is 11.7 Å². The number of non-ortho nitro benzene ring substituents is 1. The number of aliphatic hydroxyl groups is 1. The van der Waals surface area contributed by atoms with Gasteiger partial charge >= 0.3 is 5.97 Å². The van der Waals surface area contributed by atoms with Crippen LogP contribution in [-0.4, -0.2) is 22.1 Å². The topological polar surface area (TPSA) is 98.9 Å². The van der Waals surface area contributed by atoms with Crippen LogP contribution in [0.1, 0.15) is 30.3 Å². The maximum atomic E-state index is 12.8. The van der Waals surface area contributed by atoms with Crippen molar-refractivity contribution in [2.45, 2.75) is 25.2 Å². The van der Waals surface area contributed by atoms with E-state index in [4.69, 9.17) is 9.47 Å². The van der Waals surface area contributed by atoms with Crippen LogP contribution in [0.25, 0.3) is 0 Å². The average Bonchev–Trinajstić information content (AvgIpc) is 3.15. The number of carbonyl (C=O) groups is 1. The van der Waals surface area contributed by atoms with Crippen molar-refractivity contribution in [2.75, 3.05) is 0 Å². The van der Waals surface area contributed by atoms with Crippen LogP contribution in [-0.2, 0) is 9.53 Å². The highest BCUT2D eigenvalue weighted by Gasteiger charge is 2.54. The predicted molar refractivity (Wildman–Crippen MR) is 97.5 cm³/mol. The van der Waals surface area contributed by atoms with Crippen LogP contribution in [0.3, 0.4) is 0 Å². The minimum Gasteiger partial charge on any atom is -0.423 e. The third kappa shape index (κ3) is 2.20. The van der Waals surface area contributed by atoms with Gasteiger partial charge in [0.2, 0.25) is 0 Å². The summed E-state index contributed by atoms with van der Waals surface area (Å²) in [6.45, 7) is 1.61. The van der Waals surface area contributed by atoms with E-state index in [0.717, 1.165) is 22.3 Å². The number of ether oxygens (including phenoxy) is 2. The fraction of sp³-hybridized carbons (Fsp3) is 0.190. The Labute approximate surface area is 159 Å². The number of hydrogen-bond donors (Lipinski definition) is 1. The number of nitrogens with zero attached hydrogens (tertiary/aromatic N) is 1. The van der Waals surface area contributed by atoms with Gasteiger partial charge in [0.05, 0.1) is 16.6 Å².